The standard InChI is InChI=1S/C15H21NO4S/c1-11(21(2,19)20)15(18)16-9-7-13(8-10-16)12-3-5-14(17)6-4-12/h3-6,11,13,17H,7-10H2,1-2H3/t11-/m0/s1. The summed E-state index contributed by atoms with van der Waals surface area (Å²) in [6.45, 7) is 2.60. The number of nitrogens with zero attached hydrogens (tertiary/aromatic N) is 1. The van der Waals surface area contributed by atoms with Crippen LogP contribution < -0.4 is 0 Å². The lowest BCUT2D eigenvalue weighted by Gasteiger charge is -2.33. The normalized spacial score (nSPS) is 18.5. The molecule has 0 aromatic heterocycles. The van der Waals surface area contributed by atoms with E-state index in [1.165, 1.54) is 6.92 Å². The van der Waals surface area contributed by atoms with Crippen LogP contribution in [0.5, 0.6) is 5.75 Å². The first-order valence-corrected chi connectivity index (χ1v) is 9.01. The summed E-state index contributed by atoms with van der Waals surface area (Å²) in [4.78, 5) is 13.8. The van der Waals surface area contributed by atoms with Crippen LogP contribution in [0.3, 0.4) is 0 Å². The van der Waals surface area contributed by atoms with Crippen LogP contribution in [0.4, 0.5) is 0 Å². The third-order valence-corrected chi connectivity index (χ3v) is 5.65. The fraction of sp³-hybridized carbons (Fsp3) is 0.533. The fourth-order valence-corrected chi connectivity index (χ4v) is 3.14. The second kappa shape index (κ2) is 6.05. The Labute approximate surface area is 125 Å². The van der Waals surface area contributed by atoms with Crippen molar-refractivity contribution in [3.05, 3.63) is 29.8 Å². The molecule has 1 heterocycles. The van der Waals surface area contributed by atoms with Crippen LogP contribution in [0.2, 0.25) is 0 Å². The molecule has 1 aliphatic heterocycles. The molecule has 1 saturated heterocycles. The van der Waals surface area contributed by atoms with Crippen LogP contribution in [0.1, 0.15) is 31.2 Å². The van der Waals surface area contributed by atoms with Gasteiger partial charge in [-0.05, 0) is 43.4 Å². The zero-order valence-corrected chi connectivity index (χ0v) is 13.1. The van der Waals surface area contributed by atoms with Crippen molar-refractivity contribution in [2.75, 3.05) is 19.3 Å². The van der Waals surface area contributed by atoms with Crippen LogP contribution in [0, 0.1) is 0 Å². The van der Waals surface area contributed by atoms with E-state index in [1.54, 1.807) is 17.0 Å². The molecule has 0 bridgehead atoms. The van der Waals surface area contributed by atoms with Crippen molar-refractivity contribution in [3.63, 3.8) is 0 Å². The van der Waals surface area contributed by atoms with Crippen LogP contribution in [0.25, 0.3) is 0 Å². The molecule has 0 saturated carbocycles. The van der Waals surface area contributed by atoms with Gasteiger partial charge in [0.2, 0.25) is 5.91 Å². The maximum atomic E-state index is 12.1. The molecule has 2 rings (SSSR count). The van der Waals surface area contributed by atoms with Gasteiger partial charge in [-0.25, -0.2) is 8.42 Å². The van der Waals surface area contributed by atoms with E-state index in [0.717, 1.165) is 24.7 Å². The molecule has 21 heavy (non-hydrogen) atoms. The largest absolute Gasteiger partial charge is 0.508 e. The average molecular weight is 311 g/mol. The number of phenolic OH excluding ortho intramolecular Hbond substituents is 1. The highest BCUT2D eigenvalue weighted by Crippen LogP contribution is 2.29. The predicted octanol–water partition coefficient (Wildman–Crippen LogP) is 1.53. The van der Waals surface area contributed by atoms with E-state index in [2.05, 4.69) is 0 Å². The minimum absolute atomic E-state index is 0.244. The summed E-state index contributed by atoms with van der Waals surface area (Å²) >= 11 is 0. The van der Waals surface area contributed by atoms with Crippen LogP contribution in [-0.2, 0) is 14.6 Å². The molecule has 5 nitrogen and oxygen atoms in total. The second-order valence-corrected chi connectivity index (χ2v) is 8.03. The van der Waals surface area contributed by atoms with Crippen molar-refractivity contribution in [1.29, 1.82) is 0 Å². The van der Waals surface area contributed by atoms with E-state index < -0.39 is 15.1 Å². The lowest BCUT2D eigenvalue weighted by Crippen LogP contribution is -2.44. The average Bonchev–Trinajstić information content (AvgIpc) is 2.46. The van der Waals surface area contributed by atoms with E-state index in [0.29, 0.717) is 19.0 Å². The second-order valence-electron chi connectivity index (χ2n) is 5.66. The molecule has 0 radical (unpaired) electrons. The van der Waals surface area contributed by atoms with Crippen molar-refractivity contribution in [3.8, 4) is 5.75 Å². The zero-order valence-electron chi connectivity index (χ0n) is 12.3. The highest BCUT2D eigenvalue weighted by atomic mass is 32.2. The summed E-state index contributed by atoms with van der Waals surface area (Å²) in [6, 6.07) is 7.13. The Morgan fingerprint density at radius 1 is 1.24 bits per heavy atom. The smallest absolute Gasteiger partial charge is 0.240 e. The van der Waals surface area contributed by atoms with Gasteiger partial charge in [-0.15, -0.1) is 0 Å². The Morgan fingerprint density at radius 3 is 2.24 bits per heavy atom. The Hall–Kier alpha value is -1.56. The van der Waals surface area contributed by atoms with E-state index in [4.69, 9.17) is 0 Å². The monoisotopic (exact) mass is 311 g/mol. The molecule has 1 aromatic rings. The predicted molar refractivity (Wildman–Crippen MR) is 81.0 cm³/mol. The minimum Gasteiger partial charge on any atom is -0.508 e. The first-order chi connectivity index (χ1) is 9.79. The highest BCUT2D eigenvalue weighted by molar-refractivity contribution is 7.92. The number of phenols is 1. The Balaban J connectivity index is 1.97. The molecule has 1 amide bonds. The van der Waals surface area contributed by atoms with Gasteiger partial charge in [0.25, 0.3) is 0 Å². The number of benzene rings is 1. The first kappa shape index (κ1) is 15.8. The van der Waals surface area contributed by atoms with E-state index in [1.807, 2.05) is 12.1 Å². The first-order valence-electron chi connectivity index (χ1n) is 7.05. The summed E-state index contributed by atoms with van der Waals surface area (Å²) < 4.78 is 22.9. The van der Waals surface area contributed by atoms with Gasteiger partial charge < -0.3 is 10.0 Å². The number of aromatic hydroxyl groups is 1. The number of hydrogen-bond acceptors (Lipinski definition) is 4. The van der Waals surface area contributed by atoms with Crippen LogP contribution in [-0.4, -0.2) is 48.9 Å². The number of carbonyl (C=O) groups excluding carboxylic acids is 1. The summed E-state index contributed by atoms with van der Waals surface area (Å²) in [5.41, 5.74) is 1.15. The molecule has 1 fully saturated rings. The van der Waals surface area contributed by atoms with Gasteiger partial charge in [0.15, 0.2) is 9.84 Å². The molecule has 1 N–H and O–H groups in total. The topological polar surface area (TPSA) is 74.7 Å². The molecule has 116 valence electrons. The van der Waals surface area contributed by atoms with Gasteiger partial charge in [-0.1, -0.05) is 12.1 Å². The van der Waals surface area contributed by atoms with Crippen molar-refractivity contribution in [2.45, 2.75) is 30.9 Å². The molecule has 1 aromatic carbocycles. The maximum Gasteiger partial charge on any atom is 0.240 e. The lowest BCUT2D eigenvalue weighted by atomic mass is 9.89. The number of hydrogen-bond donors (Lipinski definition) is 1. The molecule has 0 aliphatic carbocycles. The van der Waals surface area contributed by atoms with Crippen molar-refractivity contribution < 1.29 is 18.3 Å². The van der Waals surface area contributed by atoms with Gasteiger partial charge in [0, 0.05) is 19.3 Å². The number of amides is 1. The van der Waals surface area contributed by atoms with E-state index in [9.17, 15) is 18.3 Å². The third-order valence-electron chi connectivity index (χ3n) is 4.16. The van der Waals surface area contributed by atoms with E-state index in [-0.39, 0.29) is 11.7 Å². The van der Waals surface area contributed by atoms with Gasteiger partial charge in [0.05, 0.1) is 0 Å². The quantitative estimate of drug-likeness (QED) is 0.918. The van der Waals surface area contributed by atoms with Crippen LogP contribution in [0.15, 0.2) is 24.3 Å². The van der Waals surface area contributed by atoms with E-state index >= 15 is 0 Å². The van der Waals surface area contributed by atoms with Crippen molar-refractivity contribution >= 4 is 15.7 Å². The SMILES string of the molecule is C[C@@H](C(=O)N1CCC(c2ccc(O)cc2)CC1)S(C)(=O)=O. The van der Waals surface area contributed by atoms with Gasteiger partial charge in [0.1, 0.15) is 11.0 Å². The number of rotatable bonds is 3. The zero-order chi connectivity index (χ0) is 15.6. The summed E-state index contributed by atoms with van der Waals surface area (Å²) in [5, 5.41) is 8.33. The summed E-state index contributed by atoms with van der Waals surface area (Å²) in [6.07, 6.45) is 2.72. The summed E-state index contributed by atoms with van der Waals surface area (Å²) in [7, 11) is -3.34. The van der Waals surface area contributed by atoms with Gasteiger partial charge >= 0.3 is 0 Å². The van der Waals surface area contributed by atoms with Gasteiger partial charge in [-0.3, -0.25) is 4.79 Å². The Morgan fingerprint density at radius 2 is 1.76 bits per heavy atom. The third kappa shape index (κ3) is 3.75. The minimum atomic E-state index is -3.34. The molecule has 0 unspecified atom stereocenters. The molecular weight excluding hydrogens is 290 g/mol. The molecule has 0 spiro atoms. The number of piperidine rings is 1. The maximum absolute atomic E-state index is 12.1. The van der Waals surface area contributed by atoms with Gasteiger partial charge in [-0.2, -0.15) is 0 Å². The van der Waals surface area contributed by atoms with Crippen molar-refractivity contribution in [1.82, 2.24) is 4.90 Å². The number of sulfone groups is 1. The molecule has 6 heteroatoms. The number of likely N-dealkylation sites (tertiary alicyclic amines) is 1. The van der Waals surface area contributed by atoms with Crippen LogP contribution >= 0.6 is 0 Å². The highest BCUT2D eigenvalue weighted by Gasteiger charge is 2.31. The fourth-order valence-electron chi connectivity index (χ4n) is 2.62. The summed E-state index contributed by atoms with van der Waals surface area (Å²) in [5.74, 6) is 0.290. The molecule has 1 aliphatic rings. The van der Waals surface area contributed by atoms with Crippen molar-refractivity contribution in [2.24, 2.45) is 0 Å². The Kier molecular flexibility index (Phi) is 4.56. The lowest BCUT2D eigenvalue weighted by molar-refractivity contribution is -0.131. The number of carbonyl (C=O) groups is 1. The molecule has 1 atom stereocenters. The molecular formula is C15H21NO4S. The Bertz CT molecular complexity index is 601.